The van der Waals surface area contributed by atoms with E-state index < -0.39 is 0 Å². The van der Waals surface area contributed by atoms with Crippen LogP contribution >= 0.6 is 12.6 Å². The minimum absolute atomic E-state index is 0.216. The van der Waals surface area contributed by atoms with Crippen molar-refractivity contribution in [1.29, 1.82) is 5.26 Å². The number of ether oxygens (including phenoxy) is 1. The van der Waals surface area contributed by atoms with Gasteiger partial charge in [0.2, 0.25) is 0 Å². The lowest BCUT2D eigenvalue weighted by Gasteiger charge is -2.08. The lowest BCUT2D eigenvalue weighted by Crippen LogP contribution is -2.21. The fourth-order valence-corrected chi connectivity index (χ4v) is 1.77. The van der Waals surface area contributed by atoms with Crippen LogP contribution in [0.2, 0.25) is 0 Å². The van der Waals surface area contributed by atoms with Crippen molar-refractivity contribution in [2.45, 2.75) is 31.7 Å². The van der Waals surface area contributed by atoms with Gasteiger partial charge < -0.3 is 10.5 Å². The molecule has 4 heteroatoms. The topological polar surface area (TPSA) is 59.0 Å². The van der Waals surface area contributed by atoms with Gasteiger partial charge in [0.25, 0.3) is 0 Å². The first-order valence-corrected chi connectivity index (χ1v) is 6.89. The molecule has 1 rings (SSSR count). The number of rotatable bonds is 8. The monoisotopic (exact) mass is 264 g/mol. The summed E-state index contributed by atoms with van der Waals surface area (Å²) in [5, 5.41) is 8.66. The van der Waals surface area contributed by atoms with Crippen LogP contribution in [0.5, 0.6) is 5.75 Å². The largest absolute Gasteiger partial charge is 0.494 e. The van der Waals surface area contributed by atoms with Gasteiger partial charge >= 0.3 is 0 Å². The molecule has 1 aromatic carbocycles. The zero-order chi connectivity index (χ0) is 13.2. The van der Waals surface area contributed by atoms with Gasteiger partial charge in [-0.1, -0.05) is 12.8 Å². The first kappa shape index (κ1) is 14.9. The van der Waals surface area contributed by atoms with Gasteiger partial charge in [0.15, 0.2) is 0 Å². The van der Waals surface area contributed by atoms with Crippen molar-refractivity contribution in [3.05, 3.63) is 29.8 Å². The highest BCUT2D eigenvalue weighted by Crippen LogP contribution is 2.12. The second kappa shape index (κ2) is 8.84. The molecule has 2 N–H and O–H groups in total. The summed E-state index contributed by atoms with van der Waals surface area (Å²) in [5.41, 5.74) is 6.43. The smallest absolute Gasteiger partial charge is 0.119 e. The minimum atomic E-state index is 0.216. The highest BCUT2D eigenvalue weighted by atomic mass is 32.1. The third-order valence-corrected chi connectivity index (χ3v) is 3.17. The molecule has 18 heavy (non-hydrogen) atoms. The maximum absolute atomic E-state index is 8.66. The summed E-state index contributed by atoms with van der Waals surface area (Å²) in [7, 11) is 0. The van der Waals surface area contributed by atoms with E-state index in [0.717, 1.165) is 37.2 Å². The van der Waals surface area contributed by atoms with E-state index in [1.807, 2.05) is 12.1 Å². The molecule has 0 saturated carbocycles. The second-order valence-corrected chi connectivity index (χ2v) is 4.64. The van der Waals surface area contributed by atoms with Crippen molar-refractivity contribution in [1.82, 2.24) is 0 Å². The molecular weight excluding hydrogens is 244 g/mol. The summed E-state index contributed by atoms with van der Waals surface area (Å²) in [6, 6.07) is 9.48. The SMILES string of the molecule is N#Cc1ccc(OCCCCC[C@@H](N)CS)cc1. The van der Waals surface area contributed by atoms with E-state index in [1.54, 1.807) is 12.1 Å². The molecule has 0 amide bonds. The van der Waals surface area contributed by atoms with Gasteiger partial charge in [-0.05, 0) is 37.1 Å². The Hall–Kier alpha value is -1.18. The van der Waals surface area contributed by atoms with Crippen LogP contribution < -0.4 is 10.5 Å². The zero-order valence-electron chi connectivity index (χ0n) is 10.5. The molecule has 1 atom stereocenters. The lowest BCUT2D eigenvalue weighted by molar-refractivity contribution is 0.304. The highest BCUT2D eigenvalue weighted by Gasteiger charge is 1.99. The molecule has 0 heterocycles. The van der Waals surface area contributed by atoms with Crippen LogP contribution in [-0.2, 0) is 0 Å². The van der Waals surface area contributed by atoms with E-state index in [0.29, 0.717) is 12.2 Å². The summed E-state index contributed by atoms with van der Waals surface area (Å²) in [6.45, 7) is 0.710. The molecule has 0 aromatic heterocycles. The maximum atomic E-state index is 8.66. The van der Waals surface area contributed by atoms with E-state index in [1.165, 1.54) is 0 Å². The second-order valence-electron chi connectivity index (χ2n) is 4.28. The van der Waals surface area contributed by atoms with Crippen LogP contribution in [0.15, 0.2) is 24.3 Å². The predicted octanol–water partition coefficient (Wildman–Crippen LogP) is 2.75. The molecule has 0 spiro atoms. The van der Waals surface area contributed by atoms with Gasteiger partial charge in [0, 0.05) is 11.8 Å². The molecule has 0 unspecified atom stereocenters. The Kier molecular flexibility index (Phi) is 7.31. The van der Waals surface area contributed by atoms with E-state index in [4.69, 9.17) is 15.7 Å². The van der Waals surface area contributed by atoms with Gasteiger partial charge in [-0.25, -0.2) is 0 Å². The Labute approximate surface area is 114 Å². The summed E-state index contributed by atoms with van der Waals surface area (Å²) in [5.74, 6) is 1.57. The Morgan fingerprint density at radius 2 is 1.94 bits per heavy atom. The Balaban J connectivity index is 2.09. The number of thiol groups is 1. The van der Waals surface area contributed by atoms with Crippen LogP contribution in [-0.4, -0.2) is 18.4 Å². The number of nitrogens with zero attached hydrogens (tertiary/aromatic N) is 1. The van der Waals surface area contributed by atoms with Gasteiger partial charge in [-0.3, -0.25) is 0 Å². The van der Waals surface area contributed by atoms with Crippen molar-refractivity contribution >= 4 is 12.6 Å². The van der Waals surface area contributed by atoms with Crippen molar-refractivity contribution in [3.63, 3.8) is 0 Å². The van der Waals surface area contributed by atoms with Gasteiger partial charge in [0.1, 0.15) is 5.75 Å². The standard InChI is InChI=1S/C14H20N2OS/c15-10-12-5-7-14(8-6-12)17-9-3-1-2-4-13(16)11-18/h5-8,13,18H,1-4,9,11,16H2/t13-/m1/s1. The minimum Gasteiger partial charge on any atom is -0.494 e. The van der Waals surface area contributed by atoms with Gasteiger partial charge in [-0.15, -0.1) is 0 Å². The first-order valence-electron chi connectivity index (χ1n) is 6.25. The summed E-state index contributed by atoms with van der Waals surface area (Å²) in [6.07, 6.45) is 4.30. The van der Waals surface area contributed by atoms with Crippen LogP contribution in [0, 0.1) is 11.3 Å². The molecule has 98 valence electrons. The molecule has 0 radical (unpaired) electrons. The number of unbranched alkanes of at least 4 members (excludes halogenated alkanes) is 2. The number of hydrogen-bond acceptors (Lipinski definition) is 4. The van der Waals surface area contributed by atoms with Crippen molar-refractivity contribution in [3.8, 4) is 11.8 Å². The number of nitriles is 1. The molecule has 1 aromatic rings. The van der Waals surface area contributed by atoms with Crippen molar-refractivity contribution in [2.24, 2.45) is 5.73 Å². The average molecular weight is 264 g/mol. The van der Waals surface area contributed by atoms with Gasteiger partial charge in [0.05, 0.1) is 18.2 Å². The van der Waals surface area contributed by atoms with Crippen molar-refractivity contribution in [2.75, 3.05) is 12.4 Å². The summed E-state index contributed by atoms with van der Waals surface area (Å²) < 4.78 is 5.58. The van der Waals surface area contributed by atoms with Crippen LogP contribution in [0.1, 0.15) is 31.2 Å². The van der Waals surface area contributed by atoms with Crippen molar-refractivity contribution < 1.29 is 4.74 Å². The van der Waals surface area contributed by atoms with E-state index in [9.17, 15) is 0 Å². The van der Waals surface area contributed by atoms with Crippen LogP contribution in [0.25, 0.3) is 0 Å². The third kappa shape index (κ3) is 5.95. The van der Waals surface area contributed by atoms with Crippen LogP contribution in [0.3, 0.4) is 0 Å². The van der Waals surface area contributed by atoms with E-state index in [-0.39, 0.29) is 6.04 Å². The molecule has 0 aliphatic carbocycles. The quantitative estimate of drug-likeness (QED) is 0.560. The number of benzene rings is 1. The Bertz CT molecular complexity index is 372. The molecule has 0 fully saturated rings. The summed E-state index contributed by atoms with van der Waals surface area (Å²) >= 11 is 4.15. The summed E-state index contributed by atoms with van der Waals surface area (Å²) in [4.78, 5) is 0. The Morgan fingerprint density at radius 3 is 2.56 bits per heavy atom. The van der Waals surface area contributed by atoms with Crippen LogP contribution in [0.4, 0.5) is 0 Å². The Morgan fingerprint density at radius 1 is 1.22 bits per heavy atom. The first-order chi connectivity index (χ1) is 8.76. The molecule has 0 aliphatic heterocycles. The maximum Gasteiger partial charge on any atom is 0.119 e. The molecule has 0 bridgehead atoms. The van der Waals surface area contributed by atoms with E-state index >= 15 is 0 Å². The molecular formula is C14H20N2OS. The highest BCUT2D eigenvalue weighted by molar-refractivity contribution is 7.80. The molecule has 0 saturated heterocycles. The lowest BCUT2D eigenvalue weighted by atomic mass is 10.1. The third-order valence-electron chi connectivity index (χ3n) is 2.71. The fourth-order valence-electron chi connectivity index (χ4n) is 1.59. The average Bonchev–Trinajstić information content (AvgIpc) is 2.43. The van der Waals surface area contributed by atoms with E-state index in [2.05, 4.69) is 18.7 Å². The predicted molar refractivity (Wildman–Crippen MR) is 76.9 cm³/mol. The number of nitrogens with two attached hydrogens (primary N) is 1. The van der Waals surface area contributed by atoms with Gasteiger partial charge in [-0.2, -0.15) is 17.9 Å². The fraction of sp³-hybridized carbons (Fsp3) is 0.500. The number of hydrogen-bond donors (Lipinski definition) is 2. The zero-order valence-corrected chi connectivity index (χ0v) is 11.4. The molecule has 3 nitrogen and oxygen atoms in total. The normalized spacial score (nSPS) is 11.8. The molecule has 0 aliphatic rings.